The van der Waals surface area contributed by atoms with E-state index in [4.69, 9.17) is 10.00 Å². The summed E-state index contributed by atoms with van der Waals surface area (Å²) >= 11 is 0. The van der Waals surface area contributed by atoms with Crippen molar-refractivity contribution in [1.82, 2.24) is 0 Å². The van der Waals surface area contributed by atoms with Crippen LogP contribution in [0.15, 0.2) is 54.6 Å². The number of hydrogen-bond donors (Lipinski definition) is 0. The zero-order valence-electron chi connectivity index (χ0n) is 11.5. The van der Waals surface area contributed by atoms with Gasteiger partial charge in [-0.3, -0.25) is 0 Å². The van der Waals surface area contributed by atoms with Crippen LogP contribution < -0.4 is 0 Å². The Labute approximate surface area is 115 Å². The molecule has 0 aliphatic heterocycles. The molecule has 2 rings (SSSR count). The first-order chi connectivity index (χ1) is 9.31. The van der Waals surface area contributed by atoms with Crippen molar-refractivity contribution in [3.63, 3.8) is 0 Å². The number of nitrogens with zero attached hydrogens (tertiary/aromatic N) is 1. The second-order valence-corrected chi connectivity index (χ2v) is 3.84. The van der Waals surface area contributed by atoms with E-state index in [0.717, 1.165) is 18.8 Å². The van der Waals surface area contributed by atoms with E-state index < -0.39 is 0 Å². The number of ether oxygens (including phenoxy) is 1. The van der Waals surface area contributed by atoms with Gasteiger partial charge in [0.25, 0.3) is 0 Å². The lowest BCUT2D eigenvalue weighted by molar-refractivity contribution is 0.162. The Morgan fingerprint density at radius 2 is 1.37 bits per heavy atom. The molecule has 0 heterocycles. The third kappa shape index (κ3) is 5.37. The summed E-state index contributed by atoms with van der Waals surface area (Å²) in [4.78, 5) is 0. The summed E-state index contributed by atoms with van der Waals surface area (Å²) in [5, 5.41) is 8.65. The van der Waals surface area contributed by atoms with Crippen molar-refractivity contribution < 1.29 is 4.74 Å². The average Bonchev–Trinajstić information content (AvgIpc) is 2.50. The molecule has 19 heavy (non-hydrogen) atoms. The molecule has 0 aromatic heterocycles. The zero-order valence-corrected chi connectivity index (χ0v) is 11.5. The second-order valence-electron chi connectivity index (χ2n) is 3.84. The predicted molar refractivity (Wildman–Crippen MR) is 78.8 cm³/mol. The molecule has 0 amide bonds. The molecule has 0 saturated heterocycles. The summed E-state index contributed by atoms with van der Waals surface area (Å²) in [6, 6.07) is 19.8. The minimum absolute atomic E-state index is 0.699. The van der Waals surface area contributed by atoms with Crippen LogP contribution in [0, 0.1) is 11.3 Å². The fourth-order valence-corrected chi connectivity index (χ4v) is 1.57. The van der Waals surface area contributed by atoms with Gasteiger partial charge in [0.05, 0.1) is 11.6 Å². The van der Waals surface area contributed by atoms with Crippen LogP contribution in [0.4, 0.5) is 0 Å². The molecule has 0 bridgehead atoms. The Kier molecular flexibility index (Phi) is 7.01. The molecule has 0 aliphatic carbocycles. The Morgan fingerprint density at radius 1 is 0.842 bits per heavy atom. The smallest absolute Gasteiger partial charge is 0.0991 e. The van der Waals surface area contributed by atoms with Gasteiger partial charge >= 0.3 is 0 Å². The van der Waals surface area contributed by atoms with Gasteiger partial charge in [0, 0.05) is 13.2 Å². The monoisotopic (exact) mass is 253 g/mol. The highest BCUT2D eigenvalue weighted by Gasteiger charge is 1.95. The second kappa shape index (κ2) is 8.91. The zero-order chi connectivity index (χ0) is 13.9. The van der Waals surface area contributed by atoms with Gasteiger partial charge in [0.15, 0.2) is 0 Å². The van der Waals surface area contributed by atoms with Gasteiger partial charge in [0.2, 0.25) is 0 Å². The van der Waals surface area contributed by atoms with Crippen LogP contribution in [0.2, 0.25) is 0 Å². The molecule has 2 heteroatoms. The van der Waals surface area contributed by atoms with Crippen LogP contribution in [0.1, 0.15) is 19.4 Å². The number of benzene rings is 2. The number of rotatable bonds is 3. The van der Waals surface area contributed by atoms with E-state index in [1.165, 1.54) is 5.56 Å². The number of nitriles is 1. The Morgan fingerprint density at radius 3 is 1.79 bits per heavy atom. The summed E-state index contributed by atoms with van der Waals surface area (Å²) in [6.45, 7) is 5.67. The minimum atomic E-state index is 0.699. The van der Waals surface area contributed by atoms with Crippen LogP contribution in [-0.4, -0.2) is 13.2 Å². The maximum atomic E-state index is 8.65. The Balaban J connectivity index is 0.000000312. The first kappa shape index (κ1) is 14.9. The molecule has 2 nitrogen and oxygen atoms in total. The van der Waals surface area contributed by atoms with Crippen LogP contribution in [-0.2, 0) is 4.74 Å². The summed E-state index contributed by atoms with van der Waals surface area (Å²) in [7, 11) is 0. The lowest BCUT2D eigenvalue weighted by Gasteiger charge is -1.99. The van der Waals surface area contributed by atoms with Crippen molar-refractivity contribution >= 4 is 0 Å². The van der Waals surface area contributed by atoms with Gasteiger partial charge in [-0.1, -0.05) is 42.5 Å². The molecule has 0 atom stereocenters. The van der Waals surface area contributed by atoms with Crippen LogP contribution in [0.5, 0.6) is 0 Å². The topological polar surface area (TPSA) is 33.0 Å². The average molecular weight is 253 g/mol. The highest BCUT2D eigenvalue weighted by Crippen LogP contribution is 2.18. The van der Waals surface area contributed by atoms with Crippen LogP contribution in [0.25, 0.3) is 11.1 Å². The molecule has 98 valence electrons. The summed E-state index contributed by atoms with van der Waals surface area (Å²) in [5.74, 6) is 0. The van der Waals surface area contributed by atoms with E-state index in [-0.39, 0.29) is 0 Å². The largest absolute Gasteiger partial charge is 0.382 e. The number of hydrogen-bond acceptors (Lipinski definition) is 2. The maximum Gasteiger partial charge on any atom is 0.0991 e. The van der Waals surface area contributed by atoms with E-state index in [1.807, 2.05) is 56.3 Å². The van der Waals surface area contributed by atoms with Crippen LogP contribution in [0.3, 0.4) is 0 Å². The van der Waals surface area contributed by atoms with Gasteiger partial charge < -0.3 is 4.74 Å². The third-order valence-corrected chi connectivity index (χ3v) is 2.53. The van der Waals surface area contributed by atoms with Gasteiger partial charge in [-0.05, 0) is 37.1 Å². The van der Waals surface area contributed by atoms with Gasteiger partial charge in [-0.25, -0.2) is 0 Å². The standard InChI is InChI=1S/C13H9N.C4H10O/c14-10-11-6-8-13(9-7-11)12-4-2-1-3-5-12;1-3-5-4-2/h1-9H;3-4H2,1-2H3. The fraction of sp³-hybridized carbons (Fsp3) is 0.235. The minimum Gasteiger partial charge on any atom is -0.382 e. The van der Waals surface area contributed by atoms with E-state index in [9.17, 15) is 0 Å². The molecule has 2 aromatic carbocycles. The maximum absolute atomic E-state index is 8.65. The molecule has 2 aromatic rings. The van der Waals surface area contributed by atoms with Gasteiger partial charge in [-0.2, -0.15) is 5.26 Å². The van der Waals surface area contributed by atoms with Crippen molar-refractivity contribution in [3.8, 4) is 17.2 Å². The van der Waals surface area contributed by atoms with E-state index in [2.05, 4.69) is 18.2 Å². The first-order valence-electron chi connectivity index (χ1n) is 6.45. The van der Waals surface area contributed by atoms with Crippen molar-refractivity contribution in [2.24, 2.45) is 0 Å². The molecule has 0 N–H and O–H groups in total. The van der Waals surface area contributed by atoms with Crippen LogP contribution >= 0.6 is 0 Å². The SMILES string of the molecule is CCOCC.N#Cc1ccc(-c2ccccc2)cc1. The Hall–Kier alpha value is -2.11. The van der Waals surface area contributed by atoms with Crippen molar-refractivity contribution in [3.05, 3.63) is 60.2 Å². The molecule has 0 radical (unpaired) electrons. The summed E-state index contributed by atoms with van der Waals surface area (Å²) in [6.07, 6.45) is 0. The molecular weight excluding hydrogens is 234 g/mol. The first-order valence-corrected chi connectivity index (χ1v) is 6.45. The van der Waals surface area contributed by atoms with E-state index in [1.54, 1.807) is 0 Å². The van der Waals surface area contributed by atoms with Crippen molar-refractivity contribution in [1.29, 1.82) is 5.26 Å². The van der Waals surface area contributed by atoms with E-state index in [0.29, 0.717) is 5.56 Å². The quantitative estimate of drug-likeness (QED) is 0.818. The Bertz CT molecular complexity index is 495. The van der Waals surface area contributed by atoms with Crippen molar-refractivity contribution in [2.75, 3.05) is 13.2 Å². The molecule has 0 fully saturated rings. The predicted octanol–water partition coefficient (Wildman–Crippen LogP) is 4.27. The fourth-order valence-electron chi connectivity index (χ4n) is 1.57. The van der Waals surface area contributed by atoms with Gasteiger partial charge in [0.1, 0.15) is 0 Å². The molecule has 0 unspecified atom stereocenters. The van der Waals surface area contributed by atoms with Crippen molar-refractivity contribution in [2.45, 2.75) is 13.8 Å². The molecule has 0 saturated carbocycles. The van der Waals surface area contributed by atoms with Gasteiger partial charge in [-0.15, -0.1) is 0 Å². The summed E-state index contributed by atoms with van der Waals surface area (Å²) in [5.41, 5.74) is 3.02. The summed E-state index contributed by atoms with van der Waals surface area (Å²) < 4.78 is 4.83. The molecular formula is C17H19NO. The lowest BCUT2D eigenvalue weighted by Crippen LogP contribution is -1.84. The lowest BCUT2D eigenvalue weighted by atomic mass is 10.0. The molecule has 0 aliphatic rings. The normalized spacial score (nSPS) is 9.11. The van der Waals surface area contributed by atoms with E-state index >= 15 is 0 Å². The highest BCUT2D eigenvalue weighted by molar-refractivity contribution is 5.63. The third-order valence-electron chi connectivity index (χ3n) is 2.53. The highest BCUT2D eigenvalue weighted by atomic mass is 16.5. The molecule has 0 spiro atoms.